The van der Waals surface area contributed by atoms with Crippen molar-refractivity contribution in [2.75, 3.05) is 32.6 Å². The van der Waals surface area contributed by atoms with Crippen LogP contribution in [-0.2, 0) is 9.53 Å². The van der Waals surface area contributed by atoms with Crippen LogP contribution in [0.3, 0.4) is 0 Å². The highest BCUT2D eigenvalue weighted by atomic mass is 16.5. The number of amides is 1. The summed E-state index contributed by atoms with van der Waals surface area (Å²) in [6.45, 7) is 4.65. The fraction of sp³-hybridized carbons (Fsp3) is 0.444. The molecule has 0 aliphatic carbocycles. The van der Waals surface area contributed by atoms with Crippen LogP contribution in [0.25, 0.3) is 11.0 Å². The SMILES string of the molecule is COCCCN(C)C(C)C(=O)Nc1c(C(C)=O)oc2ccccc12. The number of methoxy groups -OCH3 is 1. The van der Waals surface area contributed by atoms with Crippen molar-refractivity contribution >= 4 is 28.3 Å². The number of benzene rings is 1. The summed E-state index contributed by atoms with van der Waals surface area (Å²) < 4.78 is 10.6. The van der Waals surface area contributed by atoms with Gasteiger partial charge in [-0.1, -0.05) is 12.1 Å². The average molecular weight is 332 g/mol. The Bertz CT molecular complexity index is 723. The van der Waals surface area contributed by atoms with E-state index in [2.05, 4.69) is 5.32 Å². The first-order chi connectivity index (χ1) is 11.5. The summed E-state index contributed by atoms with van der Waals surface area (Å²) in [5.74, 6) is -0.217. The van der Waals surface area contributed by atoms with Gasteiger partial charge in [0, 0.05) is 32.6 Å². The van der Waals surface area contributed by atoms with Crippen LogP contribution in [0.2, 0.25) is 0 Å². The molecule has 0 spiro atoms. The number of ketones is 1. The second-order valence-corrected chi connectivity index (χ2v) is 5.85. The van der Waals surface area contributed by atoms with Crippen molar-refractivity contribution in [1.29, 1.82) is 0 Å². The summed E-state index contributed by atoms with van der Waals surface area (Å²) in [4.78, 5) is 26.3. The van der Waals surface area contributed by atoms with Crippen molar-refractivity contribution in [2.24, 2.45) is 0 Å². The predicted molar refractivity (Wildman–Crippen MR) is 93.4 cm³/mol. The Morgan fingerprint density at radius 3 is 2.71 bits per heavy atom. The molecule has 6 nitrogen and oxygen atoms in total. The Hall–Kier alpha value is -2.18. The predicted octanol–water partition coefficient (Wildman–Crippen LogP) is 2.93. The molecule has 0 saturated carbocycles. The molecule has 1 atom stereocenters. The van der Waals surface area contributed by atoms with Gasteiger partial charge in [0.15, 0.2) is 11.5 Å². The molecule has 2 rings (SSSR count). The summed E-state index contributed by atoms with van der Waals surface area (Å²) in [5.41, 5.74) is 1.03. The number of fused-ring (bicyclic) bond motifs is 1. The monoisotopic (exact) mass is 332 g/mol. The van der Waals surface area contributed by atoms with Crippen LogP contribution in [0.1, 0.15) is 30.8 Å². The Morgan fingerprint density at radius 2 is 2.04 bits per heavy atom. The van der Waals surface area contributed by atoms with Crippen LogP contribution in [-0.4, -0.2) is 49.9 Å². The Labute approximate surface area is 141 Å². The summed E-state index contributed by atoms with van der Waals surface area (Å²) in [7, 11) is 3.54. The molecule has 6 heteroatoms. The van der Waals surface area contributed by atoms with Crippen LogP contribution in [0.15, 0.2) is 28.7 Å². The molecular formula is C18H24N2O4. The molecule has 0 fully saturated rings. The standard InChI is InChI=1S/C18H24N2O4/c1-12(20(3)10-7-11-23-4)18(22)19-16-14-8-5-6-9-15(14)24-17(16)13(2)21/h5-6,8-9,12H,7,10-11H2,1-4H3,(H,19,22). The van der Waals surface area contributed by atoms with Gasteiger partial charge in [-0.15, -0.1) is 0 Å². The molecule has 0 aliphatic heterocycles. The van der Waals surface area contributed by atoms with E-state index in [4.69, 9.17) is 9.15 Å². The molecule has 1 aromatic heterocycles. The van der Waals surface area contributed by atoms with Gasteiger partial charge in [-0.2, -0.15) is 0 Å². The number of rotatable bonds is 8. The van der Waals surface area contributed by atoms with E-state index in [1.54, 1.807) is 13.2 Å². The molecule has 1 unspecified atom stereocenters. The number of hydrogen-bond donors (Lipinski definition) is 1. The topological polar surface area (TPSA) is 71.8 Å². The normalized spacial score (nSPS) is 12.5. The van der Waals surface area contributed by atoms with E-state index in [0.717, 1.165) is 18.4 Å². The molecule has 0 saturated heterocycles. The number of nitrogens with zero attached hydrogens (tertiary/aromatic N) is 1. The number of likely N-dealkylation sites (N-methyl/N-ethyl adjacent to an activating group) is 1. The van der Waals surface area contributed by atoms with Crippen molar-refractivity contribution in [3.05, 3.63) is 30.0 Å². The molecule has 1 aromatic carbocycles. The van der Waals surface area contributed by atoms with E-state index >= 15 is 0 Å². The maximum atomic E-state index is 12.6. The van der Waals surface area contributed by atoms with Crippen LogP contribution in [0, 0.1) is 0 Å². The number of Topliss-reactive ketones (excluding diaryl/α,β-unsaturated/α-hetero) is 1. The van der Waals surface area contributed by atoms with E-state index in [0.29, 0.717) is 17.9 Å². The lowest BCUT2D eigenvalue weighted by molar-refractivity contribution is -0.120. The molecule has 130 valence electrons. The highest BCUT2D eigenvalue weighted by molar-refractivity contribution is 6.11. The third-order valence-corrected chi connectivity index (χ3v) is 4.06. The fourth-order valence-corrected chi connectivity index (χ4v) is 2.50. The van der Waals surface area contributed by atoms with E-state index in [9.17, 15) is 9.59 Å². The van der Waals surface area contributed by atoms with Crippen LogP contribution >= 0.6 is 0 Å². The van der Waals surface area contributed by atoms with Gasteiger partial charge in [0.25, 0.3) is 0 Å². The van der Waals surface area contributed by atoms with Crippen LogP contribution < -0.4 is 5.32 Å². The van der Waals surface area contributed by atoms with Gasteiger partial charge in [0.2, 0.25) is 5.91 Å². The van der Waals surface area contributed by atoms with Crippen LogP contribution in [0.4, 0.5) is 5.69 Å². The number of hydrogen-bond acceptors (Lipinski definition) is 5. The Balaban J connectivity index is 2.17. The maximum absolute atomic E-state index is 12.6. The van der Waals surface area contributed by atoms with Gasteiger partial charge in [0.1, 0.15) is 5.58 Å². The van der Waals surface area contributed by atoms with Gasteiger partial charge in [-0.3, -0.25) is 14.5 Å². The molecule has 24 heavy (non-hydrogen) atoms. The number of para-hydroxylation sites is 1. The van der Waals surface area contributed by atoms with Gasteiger partial charge in [-0.05, 0) is 32.5 Å². The minimum absolute atomic E-state index is 0.177. The fourth-order valence-electron chi connectivity index (χ4n) is 2.50. The van der Waals surface area contributed by atoms with E-state index in [1.807, 2.05) is 37.1 Å². The van der Waals surface area contributed by atoms with Crippen molar-refractivity contribution < 1.29 is 18.7 Å². The summed E-state index contributed by atoms with van der Waals surface area (Å²) in [5, 5.41) is 3.59. The zero-order chi connectivity index (χ0) is 17.7. The number of ether oxygens (including phenoxy) is 1. The smallest absolute Gasteiger partial charge is 0.241 e. The van der Waals surface area contributed by atoms with Crippen molar-refractivity contribution in [3.63, 3.8) is 0 Å². The number of nitrogens with one attached hydrogen (secondary N) is 1. The zero-order valence-electron chi connectivity index (χ0n) is 14.6. The average Bonchev–Trinajstić information content (AvgIpc) is 2.93. The van der Waals surface area contributed by atoms with Crippen molar-refractivity contribution in [2.45, 2.75) is 26.3 Å². The number of furan rings is 1. The molecule has 1 N–H and O–H groups in total. The first kappa shape index (κ1) is 18.2. The summed E-state index contributed by atoms with van der Waals surface area (Å²) >= 11 is 0. The van der Waals surface area contributed by atoms with Gasteiger partial charge < -0.3 is 14.5 Å². The van der Waals surface area contributed by atoms with Gasteiger partial charge in [0.05, 0.1) is 11.7 Å². The lowest BCUT2D eigenvalue weighted by Crippen LogP contribution is -2.40. The maximum Gasteiger partial charge on any atom is 0.241 e. The van der Waals surface area contributed by atoms with Gasteiger partial charge >= 0.3 is 0 Å². The zero-order valence-corrected chi connectivity index (χ0v) is 14.6. The lowest BCUT2D eigenvalue weighted by atomic mass is 10.1. The first-order valence-electron chi connectivity index (χ1n) is 7.98. The van der Waals surface area contributed by atoms with E-state index < -0.39 is 0 Å². The minimum atomic E-state index is -0.338. The van der Waals surface area contributed by atoms with Gasteiger partial charge in [-0.25, -0.2) is 0 Å². The highest BCUT2D eigenvalue weighted by Crippen LogP contribution is 2.31. The number of anilines is 1. The van der Waals surface area contributed by atoms with Crippen molar-refractivity contribution in [1.82, 2.24) is 4.90 Å². The third-order valence-electron chi connectivity index (χ3n) is 4.06. The molecule has 0 radical (unpaired) electrons. The van der Waals surface area contributed by atoms with Crippen molar-refractivity contribution in [3.8, 4) is 0 Å². The number of carbonyl (C=O) groups is 2. The second kappa shape index (κ2) is 8.08. The summed E-state index contributed by atoms with van der Waals surface area (Å²) in [6.07, 6.45) is 0.845. The van der Waals surface area contributed by atoms with Crippen LogP contribution in [0.5, 0.6) is 0 Å². The third kappa shape index (κ3) is 4.01. The second-order valence-electron chi connectivity index (χ2n) is 5.85. The highest BCUT2D eigenvalue weighted by Gasteiger charge is 2.23. The van der Waals surface area contributed by atoms with E-state index in [-0.39, 0.29) is 23.5 Å². The molecule has 1 heterocycles. The molecule has 0 aliphatic rings. The molecule has 1 amide bonds. The molecule has 0 bridgehead atoms. The Kier molecular flexibility index (Phi) is 6.11. The quantitative estimate of drug-likeness (QED) is 0.594. The lowest BCUT2D eigenvalue weighted by Gasteiger charge is -2.23. The largest absolute Gasteiger partial charge is 0.451 e. The number of carbonyl (C=O) groups excluding carboxylic acids is 2. The first-order valence-corrected chi connectivity index (χ1v) is 7.98. The van der Waals surface area contributed by atoms with E-state index in [1.165, 1.54) is 6.92 Å². The Morgan fingerprint density at radius 1 is 1.33 bits per heavy atom. The minimum Gasteiger partial charge on any atom is -0.451 e. The molecular weight excluding hydrogens is 308 g/mol. The summed E-state index contributed by atoms with van der Waals surface area (Å²) in [6, 6.07) is 6.94. The molecule has 2 aromatic rings.